The Bertz CT molecular complexity index is 2220. The van der Waals surface area contributed by atoms with Crippen LogP contribution in [0.1, 0.15) is 86.0 Å². The first-order chi connectivity index (χ1) is 30.0. The molecular formula is C50H57NO9S. The van der Waals surface area contributed by atoms with Crippen LogP contribution in [-0.2, 0) is 14.3 Å². The number of fused-ring (bicyclic) bond motifs is 3. The largest absolute Gasteiger partial charge is 0.496 e. The SMILES string of the molecule is C=CCOC12Oc3ccc(Oc4ccc(OC)c(C=O)c4)cc3C3C(CCCCO)C(CCCCO)C=C(C(=NOC4CCCCO4)CC1Sc1ccc4ccccc4c1)C32. The molecule has 1 saturated carbocycles. The Morgan fingerprint density at radius 2 is 1.74 bits per heavy atom. The molecule has 2 heterocycles. The number of ether oxygens (including phenoxy) is 5. The lowest BCUT2D eigenvalue weighted by atomic mass is 9.56. The van der Waals surface area contributed by atoms with Crippen molar-refractivity contribution in [2.24, 2.45) is 22.9 Å². The highest BCUT2D eigenvalue weighted by molar-refractivity contribution is 8.00. The predicted octanol–water partition coefficient (Wildman–Crippen LogP) is 10.4. The minimum absolute atomic E-state index is 0.118. The molecule has 7 unspecified atom stereocenters. The van der Waals surface area contributed by atoms with Gasteiger partial charge >= 0.3 is 0 Å². The van der Waals surface area contributed by atoms with Crippen molar-refractivity contribution in [3.8, 4) is 23.0 Å². The molecule has 0 amide bonds. The van der Waals surface area contributed by atoms with E-state index in [1.165, 1.54) is 12.5 Å². The summed E-state index contributed by atoms with van der Waals surface area (Å²) in [7, 11) is 1.54. The zero-order valence-corrected chi connectivity index (χ0v) is 35.7. The Balaban J connectivity index is 1.29. The van der Waals surface area contributed by atoms with Gasteiger partial charge < -0.3 is 38.7 Å². The summed E-state index contributed by atoms with van der Waals surface area (Å²) in [5.41, 5.74) is 3.31. The second-order valence-corrected chi connectivity index (χ2v) is 17.7. The van der Waals surface area contributed by atoms with Crippen molar-refractivity contribution in [3.63, 3.8) is 0 Å². The van der Waals surface area contributed by atoms with Crippen LogP contribution in [0.25, 0.3) is 10.8 Å². The molecule has 8 rings (SSSR count). The van der Waals surface area contributed by atoms with Gasteiger partial charge in [0.05, 0.1) is 42.8 Å². The third kappa shape index (κ3) is 9.27. The maximum absolute atomic E-state index is 11.9. The normalized spacial score (nSPS) is 26.1. The van der Waals surface area contributed by atoms with Crippen LogP contribution < -0.4 is 14.2 Å². The van der Waals surface area contributed by atoms with Crippen LogP contribution in [-0.4, -0.2) is 73.1 Å². The third-order valence-electron chi connectivity index (χ3n) is 12.6. The van der Waals surface area contributed by atoms with E-state index in [4.69, 9.17) is 33.7 Å². The lowest BCUT2D eigenvalue weighted by Gasteiger charge is -2.58. The number of hydrogen-bond acceptors (Lipinski definition) is 11. The number of unbranched alkanes of at least 4 members (excludes halogenated alkanes) is 2. The molecular weight excluding hydrogens is 791 g/mol. The minimum atomic E-state index is -1.14. The van der Waals surface area contributed by atoms with Gasteiger partial charge in [0.2, 0.25) is 12.1 Å². The Labute approximate surface area is 362 Å². The summed E-state index contributed by atoms with van der Waals surface area (Å²) in [5, 5.41) is 27.0. The number of rotatable bonds is 19. The van der Waals surface area contributed by atoms with Gasteiger partial charge in [0.1, 0.15) is 23.0 Å². The fraction of sp³-hybridized carbons (Fsp3) is 0.440. The molecule has 4 aromatic carbocycles. The smallest absolute Gasteiger partial charge is 0.231 e. The van der Waals surface area contributed by atoms with Crippen LogP contribution in [0.5, 0.6) is 23.0 Å². The fourth-order valence-electron chi connectivity index (χ4n) is 9.81. The number of oxime groups is 1. The molecule has 0 bridgehead atoms. The van der Waals surface area contributed by atoms with Crippen LogP contribution in [0, 0.1) is 17.8 Å². The summed E-state index contributed by atoms with van der Waals surface area (Å²) < 4.78 is 32.5. The molecule has 2 N–H and O–H groups in total. The first-order valence-corrected chi connectivity index (χ1v) is 22.7. The van der Waals surface area contributed by atoms with Gasteiger partial charge in [0, 0.05) is 42.4 Å². The lowest BCUT2D eigenvalue weighted by Crippen LogP contribution is -2.64. The molecule has 7 atom stereocenters. The van der Waals surface area contributed by atoms with Gasteiger partial charge in [0.25, 0.3) is 0 Å². The maximum atomic E-state index is 11.9. The fourth-order valence-corrected chi connectivity index (χ4v) is 11.2. The monoisotopic (exact) mass is 847 g/mol. The number of hydrogen-bond donors (Lipinski definition) is 2. The molecule has 2 aliphatic carbocycles. The van der Waals surface area contributed by atoms with Crippen molar-refractivity contribution in [1.82, 2.24) is 0 Å². The highest BCUT2D eigenvalue weighted by atomic mass is 32.2. The van der Waals surface area contributed by atoms with Crippen LogP contribution >= 0.6 is 11.8 Å². The molecule has 0 aromatic heterocycles. The minimum Gasteiger partial charge on any atom is -0.496 e. The van der Waals surface area contributed by atoms with Crippen LogP contribution in [0.2, 0.25) is 0 Å². The Morgan fingerprint density at radius 3 is 2.51 bits per heavy atom. The highest BCUT2D eigenvalue weighted by Crippen LogP contribution is 2.63. The lowest BCUT2D eigenvalue weighted by molar-refractivity contribution is -0.223. The Hall–Kier alpha value is -4.65. The van der Waals surface area contributed by atoms with Crippen molar-refractivity contribution in [2.45, 2.75) is 92.3 Å². The number of carbonyl (C=O) groups is 1. The number of carbonyl (C=O) groups excluding carboxylic acids is 1. The van der Waals surface area contributed by atoms with Crippen molar-refractivity contribution in [3.05, 3.63) is 114 Å². The summed E-state index contributed by atoms with van der Waals surface area (Å²) in [6, 6.07) is 26.1. The standard InChI is InChI=1S/C50H57NO9S/c1-3-25-57-50-46(61-39-20-17-33-12-4-5-13-34(33)28-39)31-43(51-60-47-16-8-11-26-56-47)41-29-35(14-6-9-23-52)40(15-7-10-24-53)48(49(41)50)42-30-38(19-22-45(42)59-50)58-37-18-21-44(55-2)36(27-37)32-54/h3-5,12-13,17-22,27-30,32,35,40,46-49,52-53H,1,6-11,14-16,23-26,31H2,2H3. The average Bonchev–Trinajstić information content (AvgIpc) is 3.29. The molecule has 61 heavy (non-hydrogen) atoms. The van der Waals surface area contributed by atoms with Crippen LogP contribution in [0.3, 0.4) is 0 Å². The van der Waals surface area contributed by atoms with E-state index in [2.05, 4.69) is 61.2 Å². The van der Waals surface area contributed by atoms with E-state index in [1.54, 1.807) is 36.0 Å². The quantitative estimate of drug-likeness (QED) is 0.0408. The molecule has 4 aliphatic rings. The second-order valence-electron chi connectivity index (χ2n) is 16.4. The molecule has 2 aliphatic heterocycles. The maximum Gasteiger partial charge on any atom is 0.231 e. The molecule has 0 spiro atoms. The number of aliphatic hydroxyl groups is 2. The third-order valence-corrected chi connectivity index (χ3v) is 13.9. The molecule has 4 aromatic rings. The second kappa shape index (κ2) is 20.0. The van der Waals surface area contributed by atoms with Crippen LogP contribution in [0.15, 0.2) is 113 Å². The van der Waals surface area contributed by atoms with Crippen molar-refractivity contribution in [1.29, 1.82) is 0 Å². The topological polar surface area (TPSA) is 125 Å². The number of methoxy groups -OCH3 is 1. The van der Waals surface area contributed by atoms with Gasteiger partial charge in [-0.15, -0.1) is 18.3 Å². The number of allylic oxidation sites excluding steroid dienone is 1. The van der Waals surface area contributed by atoms with E-state index in [-0.39, 0.29) is 48.7 Å². The molecule has 10 nitrogen and oxygen atoms in total. The molecule has 2 fully saturated rings. The first kappa shape index (κ1) is 43.0. The van der Waals surface area contributed by atoms with E-state index < -0.39 is 12.1 Å². The first-order valence-electron chi connectivity index (χ1n) is 21.8. The van der Waals surface area contributed by atoms with Gasteiger partial charge in [-0.2, -0.15) is 0 Å². The van der Waals surface area contributed by atoms with E-state index in [9.17, 15) is 15.0 Å². The van der Waals surface area contributed by atoms with Crippen molar-refractivity contribution >= 4 is 34.5 Å². The zero-order valence-electron chi connectivity index (χ0n) is 34.9. The van der Waals surface area contributed by atoms with Crippen molar-refractivity contribution in [2.75, 3.05) is 33.5 Å². The van der Waals surface area contributed by atoms with Crippen molar-refractivity contribution < 1.29 is 43.5 Å². The van der Waals surface area contributed by atoms with Gasteiger partial charge in [-0.05, 0) is 115 Å². The number of thioether (sulfide) groups is 1. The predicted molar refractivity (Wildman–Crippen MR) is 238 cm³/mol. The highest BCUT2D eigenvalue weighted by Gasteiger charge is 2.64. The summed E-state index contributed by atoms with van der Waals surface area (Å²) in [6.45, 7) is 5.24. The Morgan fingerprint density at radius 1 is 0.934 bits per heavy atom. The van der Waals surface area contributed by atoms with Gasteiger partial charge in [0.15, 0.2) is 6.29 Å². The van der Waals surface area contributed by atoms with Gasteiger partial charge in [-0.1, -0.05) is 60.5 Å². The van der Waals surface area contributed by atoms with Gasteiger partial charge in [-0.3, -0.25) is 4.79 Å². The van der Waals surface area contributed by atoms with E-state index >= 15 is 0 Å². The number of benzene rings is 4. The van der Waals surface area contributed by atoms with E-state index in [0.29, 0.717) is 48.7 Å². The Kier molecular flexibility index (Phi) is 14.1. The summed E-state index contributed by atoms with van der Waals surface area (Å²) in [6.07, 6.45) is 12.7. The zero-order chi connectivity index (χ0) is 42.2. The summed E-state index contributed by atoms with van der Waals surface area (Å²) in [5.74, 6) is 0.995. The number of aldehydes is 1. The molecule has 0 radical (unpaired) electrons. The average molecular weight is 848 g/mol. The molecule has 11 heteroatoms. The number of aliphatic hydroxyl groups excluding tert-OH is 2. The van der Waals surface area contributed by atoms with Crippen LogP contribution in [0.4, 0.5) is 0 Å². The number of nitrogens with zero attached hydrogens (tertiary/aromatic N) is 1. The van der Waals surface area contributed by atoms with E-state index in [1.807, 2.05) is 12.1 Å². The van der Waals surface area contributed by atoms with Gasteiger partial charge in [-0.25, -0.2) is 0 Å². The molecule has 1 saturated heterocycles. The summed E-state index contributed by atoms with van der Waals surface area (Å²) in [4.78, 5) is 19.3. The summed E-state index contributed by atoms with van der Waals surface area (Å²) >= 11 is 1.74. The molecule has 322 valence electrons. The van der Waals surface area contributed by atoms with E-state index in [0.717, 1.165) is 84.1 Å².